The van der Waals surface area contributed by atoms with Crippen LogP contribution in [0.15, 0.2) is 34.5 Å². The van der Waals surface area contributed by atoms with E-state index >= 15 is 0 Å². The van der Waals surface area contributed by atoms with Gasteiger partial charge in [0.2, 0.25) is 5.78 Å². The van der Waals surface area contributed by atoms with Gasteiger partial charge in [-0.1, -0.05) is 59.1 Å². The molecule has 0 saturated carbocycles. The Morgan fingerprint density at radius 3 is 1.84 bits per heavy atom. The molecular weight excluding hydrogens is 327 g/mol. The van der Waals surface area contributed by atoms with Crippen molar-refractivity contribution in [3.05, 3.63) is 35.4 Å². The van der Waals surface area contributed by atoms with E-state index in [-0.39, 0.29) is 11.1 Å². The average Bonchev–Trinajstić information content (AvgIpc) is 3.07. The normalized spacial score (nSPS) is 17.4. The molecule has 3 nitrogen and oxygen atoms in total. The number of halogens is 6. The molecule has 0 aliphatic carbocycles. The third-order valence-corrected chi connectivity index (χ3v) is 3.02. The highest BCUT2D eigenvalue weighted by atomic mass is 35.6. The number of hydrogen-bond acceptors (Lipinski definition) is 3. The SMILES string of the molecule is O=C(c1ccc(C2(C(F)(F)F)N=N2)cc1)C(Cl)(Cl)Cl. The molecular formula is C10H4Cl3F3N2O. The lowest BCUT2D eigenvalue weighted by Crippen LogP contribution is -2.30. The molecule has 0 saturated heterocycles. The van der Waals surface area contributed by atoms with E-state index in [0.717, 1.165) is 24.3 Å². The first-order valence-electron chi connectivity index (χ1n) is 4.81. The zero-order valence-electron chi connectivity index (χ0n) is 8.88. The molecule has 1 aliphatic rings. The van der Waals surface area contributed by atoms with Gasteiger partial charge in [0.1, 0.15) is 0 Å². The summed E-state index contributed by atoms with van der Waals surface area (Å²) in [6.07, 6.45) is -4.62. The second-order valence-electron chi connectivity index (χ2n) is 3.77. The van der Waals surface area contributed by atoms with Crippen LogP contribution >= 0.6 is 34.8 Å². The lowest BCUT2D eigenvalue weighted by atomic mass is 10.0. The van der Waals surface area contributed by atoms with Crippen molar-refractivity contribution in [2.45, 2.75) is 15.6 Å². The predicted molar refractivity (Wildman–Crippen MR) is 63.7 cm³/mol. The number of alkyl halides is 6. The highest BCUT2D eigenvalue weighted by Crippen LogP contribution is 2.52. The highest BCUT2D eigenvalue weighted by molar-refractivity contribution is 6.77. The van der Waals surface area contributed by atoms with Gasteiger partial charge in [0, 0.05) is 11.1 Å². The first-order valence-corrected chi connectivity index (χ1v) is 5.94. The molecule has 0 unspecified atom stereocenters. The topological polar surface area (TPSA) is 41.8 Å². The molecule has 9 heteroatoms. The minimum absolute atomic E-state index is 0.0123. The van der Waals surface area contributed by atoms with E-state index in [4.69, 9.17) is 34.8 Å². The molecule has 0 aromatic heterocycles. The molecule has 1 aromatic rings. The van der Waals surface area contributed by atoms with Crippen LogP contribution < -0.4 is 0 Å². The molecule has 102 valence electrons. The van der Waals surface area contributed by atoms with Gasteiger partial charge in [0.15, 0.2) is 0 Å². The molecule has 1 aromatic carbocycles. The second kappa shape index (κ2) is 4.33. The maximum Gasteiger partial charge on any atom is 0.442 e. The van der Waals surface area contributed by atoms with Crippen molar-refractivity contribution in [2.24, 2.45) is 10.2 Å². The number of benzene rings is 1. The molecule has 0 N–H and O–H groups in total. The average molecular weight is 332 g/mol. The summed E-state index contributed by atoms with van der Waals surface area (Å²) in [7, 11) is 0. The van der Waals surface area contributed by atoms with Crippen LogP contribution in [0.25, 0.3) is 0 Å². The van der Waals surface area contributed by atoms with Gasteiger partial charge in [-0.25, -0.2) is 0 Å². The quantitative estimate of drug-likeness (QED) is 0.584. The number of ketones is 1. The lowest BCUT2D eigenvalue weighted by Gasteiger charge is -2.15. The summed E-state index contributed by atoms with van der Waals surface area (Å²) in [4.78, 5) is 11.6. The maximum absolute atomic E-state index is 12.7. The van der Waals surface area contributed by atoms with E-state index in [0.29, 0.717) is 0 Å². The summed E-state index contributed by atoms with van der Waals surface area (Å²) in [5, 5.41) is 6.07. The van der Waals surface area contributed by atoms with Crippen molar-refractivity contribution in [3.63, 3.8) is 0 Å². The van der Waals surface area contributed by atoms with Crippen LogP contribution in [0.4, 0.5) is 13.2 Å². The molecule has 19 heavy (non-hydrogen) atoms. The summed E-state index contributed by atoms with van der Waals surface area (Å²) in [5.74, 6) is -0.824. The van der Waals surface area contributed by atoms with Gasteiger partial charge in [0.05, 0.1) is 0 Å². The standard InChI is InChI=1S/C10H4Cl3F3N2O/c11-9(12,13)7(19)5-1-3-6(4-2-5)8(17-18-8)10(14,15)16/h1-4H. The molecule has 2 rings (SSSR count). The molecule has 0 atom stereocenters. The Kier molecular flexibility index (Phi) is 3.32. The molecule has 0 spiro atoms. The Balaban J connectivity index is 2.28. The van der Waals surface area contributed by atoms with Gasteiger partial charge in [-0.05, 0) is 0 Å². The Morgan fingerprint density at radius 2 is 1.53 bits per heavy atom. The lowest BCUT2D eigenvalue weighted by molar-refractivity contribution is -0.166. The van der Waals surface area contributed by atoms with Crippen LogP contribution in [0.5, 0.6) is 0 Å². The Hall–Kier alpha value is -0.850. The summed E-state index contributed by atoms with van der Waals surface area (Å²) in [5.41, 5.74) is -2.73. The van der Waals surface area contributed by atoms with Crippen LogP contribution in [-0.4, -0.2) is 15.8 Å². The van der Waals surface area contributed by atoms with E-state index < -0.39 is 21.4 Å². The van der Waals surface area contributed by atoms with Crippen molar-refractivity contribution in [2.75, 3.05) is 0 Å². The Bertz CT molecular complexity index is 543. The molecule has 1 aliphatic heterocycles. The van der Waals surface area contributed by atoms with E-state index in [9.17, 15) is 18.0 Å². The van der Waals surface area contributed by atoms with Gasteiger partial charge in [-0.3, -0.25) is 4.79 Å². The zero-order chi connectivity index (χ0) is 14.5. The monoisotopic (exact) mass is 330 g/mol. The van der Waals surface area contributed by atoms with Crippen LogP contribution in [0.2, 0.25) is 0 Å². The summed E-state index contributed by atoms with van der Waals surface area (Å²) < 4.78 is 36.0. The van der Waals surface area contributed by atoms with Crippen molar-refractivity contribution < 1.29 is 18.0 Å². The summed E-state index contributed by atoms with van der Waals surface area (Å²) >= 11 is 16.2. The number of hydrogen-bond donors (Lipinski definition) is 0. The van der Waals surface area contributed by atoms with Gasteiger partial charge < -0.3 is 0 Å². The summed E-state index contributed by atoms with van der Waals surface area (Å²) in [6, 6.07) is 4.43. The maximum atomic E-state index is 12.7. The van der Waals surface area contributed by atoms with Crippen molar-refractivity contribution in [1.29, 1.82) is 0 Å². The molecule has 0 radical (unpaired) electrons. The van der Waals surface area contributed by atoms with Crippen molar-refractivity contribution in [3.8, 4) is 0 Å². The number of nitrogens with zero attached hydrogens (tertiary/aromatic N) is 2. The minimum atomic E-state index is -4.62. The van der Waals surface area contributed by atoms with Crippen LogP contribution in [0.3, 0.4) is 0 Å². The summed E-state index contributed by atoms with van der Waals surface area (Å²) in [6.45, 7) is 0. The van der Waals surface area contributed by atoms with Crippen LogP contribution in [-0.2, 0) is 5.66 Å². The predicted octanol–water partition coefficient (Wildman–Crippen LogP) is 4.42. The van der Waals surface area contributed by atoms with Crippen molar-refractivity contribution >= 4 is 40.6 Å². The second-order valence-corrected chi connectivity index (χ2v) is 6.06. The Labute approximate surface area is 120 Å². The van der Waals surface area contributed by atoms with Crippen LogP contribution in [0.1, 0.15) is 15.9 Å². The van der Waals surface area contributed by atoms with E-state index in [1.54, 1.807) is 0 Å². The first-order chi connectivity index (χ1) is 8.58. The largest absolute Gasteiger partial charge is 0.442 e. The molecule has 1 heterocycles. The minimum Gasteiger partial charge on any atom is -0.289 e. The zero-order valence-corrected chi connectivity index (χ0v) is 11.1. The highest BCUT2D eigenvalue weighted by Gasteiger charge is 2.65. The molecule has 0 fully saturated rings. The fourth-order valence-corrected chi connectivity index (χ4v) is 1.79. The Morgan fingerprint density at radius 1 is 1.05 bits per heavy atom. The number of Topliss-reactive ketones (excluding diaryl/α,β-unsaturated/α-hetero) is 1. The van der Waals surface area contributed by atoms with E-state index in [2.05, 4.69) is 10.2 Å². The van der Waals surface area contributed by atoms with E-state index in [1.165, 1.54) is 0 Å². The van der Waals surface area contributed by atoms with Gasteiger partial charge in [-0.2, -0.15) is 13.2 Å². The third kappa shape index (κ3) is 2.57. The van der Waals surface area contributed by atoms with E-state index in [1.807, 2.05) is 0 Å². The smallest absolute Gasteiger partial charge is 0.289 e. The molecule has 0 bridgehead atoms. The molecule has 0 amide bonds. The number of carbonyl (C=O) groups excluding carboxylic acids is 1. The fraction of sp³-hybridized carbons (Fsp3) is 0.300. The van der Waals surface area contributed by atoms with Gasteiger partial charge in [0.25, 0.3) is 3.79 Å². The van der Waals surface area contributed by atoms with Crippen molar-refractivity contribution in [1.82, 2.24) is 0 Å². The first kappa shape index (κ1) is 14.6. The number of carbonyl (C=O) groups is 1. The fourth-order valence-electron chi connectivity index (χ4n) is 1.46. The van der Waals surface area contributed by atoms with Gasteiger partial charge in [-0.15, -0.1) is 10.2 Å². The van der Waals surface area contributed by atoms with Gasteiger partial charge >= 0.3 is 11.8 Å². The van der Waals surface area contributed by atoms with Crippen LogP contribution in [0, 0.1) is 0 Å². The number of rotatable bonds is 2. The third-order valence-electron chi connectivity index (χ3n) is 2.50.